The van der Waals surface area contributed by atoms with Gasteiger partial charge >= 0.3 is 0 Å². The largest absolute Gasteiger partial charge is 0.351 e. The van der Waals surface area contributed by atoms with Gasteiger partial charge in [0.15, 0.2) is 0 Å². The summed E-state index contributed by atoms with van der Waals surface area (Å²) in [5.74, 6) is -1.55. The maximum Gasteiger partial charge on any atom is 0.261 e. The maximum absolute atomic E-state index is 13.7. The van der Waals surface area contributed by atoms with E-state index in [1.165, 1.54) is 51.8 Å². The fraction of sp³-hybridized carbons (Fsp3) is 0.320. The van der Waals surface area contributed by atoms with Crippen molar-refractivity contribution in [3.05, 3.63) is 74.9 Å². The third kappa shape index (κ3) is 5.90. The lowest BCUT2D eigenvalue weighted by molar-refractivity contribution is -0.126. The minimum absolute atomic E-state index is 0.0624. The van der Waals surface area contributed by atoms with Gasteiger partial charge < -0.3 is 10.6 Å². The monoisotopic (exact) mass is 499 g/mol. The topological polar surface area (TPSA) is 78.5 Å². The Bertz CT molecular complexity index is 1100. The molecule has 3 aromatic rings. The Balaban J connectivity index is 1.62. The zero-order valence-corrected chi connectivity index (χ0v) is 20.2. The molecule has 3 amide bonds. The van der Waals surface area contributed by atoms with Crippen molar-refractivity contribution in [2.24, 2.45) is 0 Å². The molecule has 1 aliphatic carbocycles. The smallest absolute Gasteiger partial charge is 0.261 e. The second-order valence-corrected chi connectivity index (χ2v) is 10.1. The Morgan fingerprint density at radius 1 is 0.971 bits per heavy atom. The van der Waals surface area contributed by atoms with Crippen molar-refractivity contribution >= 4 is 46.1 Å². The second kappa shape index (κ2) is 11.4. The molecule has 2 aromatic heterocycles. The van der Waals surface area contributed by atoms with Crippen molar-refractivity contribution in [1.82, 2.24) is 10.6 Å². The second-order valence-electron chi connectivity index (χ2n) is 8.16. The predicted molar refractivity (Wildman–Crippen MR) is 133 cm³/mol. The van der Waals surface area contributed by atoms with Gasteiger partial charge in [-0.2, -0.15) is 0 Å². The van der Waals surface area contributed by atoms with Crippen molar-refractivity contribution in [1.29, 1.82) is 0 Å². The summed E-state index contributed by atoms with van der Waals surface area (Å²) in [5, 5.41) is 9.40. The average Bonchev–Trinajstić information content (AvgIpc) is 3.57. The van der Waals surface area contributed by atoms with Crippen LogP contribution in [0.4, 0.5) is 10.1 Å². The Kier molecular flexibility index (Phi) is 8.08. The van der Waals surface area contributed by atoms with Gasteiger partial charge in [0, 0.05) is 16.6 Å². The van der Waals surface area contributed by atoms with Gasteiger partial charge in [0.25, 0.3) is 5.91 Å². The minimum atomic E-state index is -0.932. The molecule has 178 valence electrons. The first kappa shape index (κ1) is 24.1. The van der Waals surface area contributed by atoms with Crippen LogP contribution in [-0.2, 0) is 9.59 Å². The van der Waals surface area contributed by atoms with Gasteiger partial charge in [-0.15, -0.1) is 22.7 Å². The molecule has 0 aliphatic heterocycles. The summed E-state index contributed by atoms with van der Waals surface area (Å²) < 4.78 is 13.7. The standard InChI is InChI=1S/C25H26FN3O3S2/c26-17-10-12-19(13-11-17)29(22(30)16-27-24(31)21-9-5-15-34-21)23(20-8-4-14-33-20)25(32)28-18-6-2-1-3-7-18/h4-5,8-15,18,23H,1-3,6-7,16H2,(H,27,31)(H,28,32). The molecule has 1 unspecified atom stereocenters. The van der Waals surface area contributed by atoms with Crippen LogP contribution in [0.2, 0.25) is 0 Å². The molecule has 1 fully saturated rings. The first-order valence-electron chi connectivity index (χ1n) is 11.3. The fourth-order valence-electron chi connectivity index (χ4n) is 4.12. The molecule has 34 heavy (non-hydrogen) atoms. The van der Waals surface area contributed by atoms with Crippen LogP contribution in [0.15, 0.2) is 59.3 Å². The summed E-state index contributed by atoms with van der Waals surface area (Å²) in [6.07, 6.45) is 5.09. The van der Waals surface area contributed by atoms with E-state index >= 15 is 0 Å². The summed E-state index contributed by atoms with van der Waals surface area (Å²) in [6.45, 7) is -0.299. The van der Waals surface area contributed by atoms with E-state index in [0.717, 1.165) is 32.1 Å². The Hall–Kier alpha value is -3.04. The van der Waals surface area contributed by atoms with Gasteiger partial charge in [-0.05, 0) is 60.0 Å². The van der Waals surface area contributed by atoms with Gasteiger partial charge in [-0.1, -0.05) is 31.4 Å². The van der Waals surface area contributed by atoms with E-state index in [-0.39, 0.29) is 24.4 Å². The Morgan fingerprint density at radius 3 is 2.32 bits per heavy atom. The number of carbonyl (C=O) groups is 3. The molecule has 1 atom stereocenters. The molecule has 0 saturated heterocycles. The number of hydrogen-bond donors (Lipinski definition) is 2. The molecule has 1 aromatic carbocycles. The Labute approximate surface area is 205 Å². The van der Waals surface area contributed by atoms with Gasteiger partial charge in [0.2, 0.25) is 11.8 Å². The van der Waals surface area contributed by atoms with Crippen LogP contribution in [-0.4, -0.2) is 30.3 Å². The van der Waals surface area contributed by atoms with Crippen molar-refractivity contribution in [2.45, 2.75) is 44.2 Å². The lowest BCUT2D eigenvalue weighted by atomic mass is 9.95. The van der Waals surface area contributed by atoms with Gasteiger partial charge in [-0.3, -0.25) is 19.3 Å². The van der Waals surface area contributed by atoms with E-state index in [0.29, 0.717) is 15.4 Å². The summed E-state index contributed by atoms with van der Waals surface area (Å²) in [5.41, 5.74) is 0.383. The lowest BCUT2D eigenvalue weighted by Crippen LogP contribution is -2.49. The van der Waals surface area contributed by atoms with Crippen LogP contribution in [0, 0.1) is 5.82 Å². The van der Waals surface area contributed by atoms with Crippen molar-refractivity contribution in [2.75, 3.05) is 11.4 Å². The van der Waals surface area contributed by atoms with E-state index in [1.807, 2.05) is 17.5 Å². The highest BCUT2D eigenvalue weighted by Gasteiger charge is 2.34. The molecule has 6 nitrogen and oxygen atoms in total. The number of halogens is 1. The number of nitrogens with one attached hydrogen (secondary N) is 2. The van der Waals surface area contributed by atoms with Crippen LogP contribution in [0.3, 0.4) is 0 Å². The number of rotatable bonds is 8. The SMILES string of the molecule is O=C(NCC(=O)N(c1ccc(F)cc1)C(C(=O)NC1CCCCC1)c1cccs1)c1cccs1. The van der Waals surface area contributed by atoms with E-state index in [1.54, 1.807) is 17.5 Å². The summed E-state index contributed by atoms with van der Waals surface area (Å²) in [6, 6.07) is 11.7. The van der Waals surface area contributed by atoms with Crippen LogP contribution in [0.25, 0.3) is 0 Å². The molecule has 0 radical (unpaired) electrons. The molecule has 2 heterocycles. The van der Waals surface area contributed by atoms with Crippen LogP contribution in [0.1, 0.15) is 52.7 Å². The number of carbonyl (C=O) groups excluding carboxylic acids is 3. The third-order valence-electron chi connectivity index (χ3n) is 5.79. The van der Waals surface area contributed by atoms with E-state index in [2.05, 4.69) is 10.6 Å². The summed E-state index contributed by atoms with van der Waals surface area (Å²) in [4.78, 5) is 42.0. The molecular weight excluding hydrogens is 473 g/mol. The maximum atomic E-state index is 13.7. The lowest BCUT2D eigenvalue weighted by Gasteiger charge is -2.32. The minimum Gasteiger partial charge on any atom is -0.351 e. The first-order chi connectivity index (χ1) is 16.5. The fourth-order valence-corrected chi connectivity index (χ4v) is 5.58. The molecule has 0 spiro atoms. The molecule has 2 N–H and O–H groups in total. The van der Waals surface area contributed by atoms with Gasteiger partial charge in [-0.25, -0.2) is 4.39 Å². The van der Waals surface area contributed by atoms with Crippen LogP contribution in [0.5, 0.6) is 0 Å². The summed E-state index contributed by atoms with van der Waals surface area (Å²) in [7, 11) is 0. The Morgan fingerprint density at radius 2 is 1.68 bits per heavy atom. The number of benzene rings is 1. The van der Waals surface area contributed by atoms with E-state index in [9.17, 15) is 18.8 Å². The summed E-state index contributed by atoms with van der Waals surface area (Å²) >= 11 is 2.65. The van der Waals surface area contributed by atoms with Gasteiger partial charge in [0.05, 0.1) is 11.4 Å². The van der Waals surface area contributed by atoms with Crippen molar-refractivity contribution < 1.29 is 18.8 Å². The number of nitrogens with zero attached hydrogens (tertiary/aromatic N) is 1. The zero-order chi connectivity index (χ0) is 23.9. The molecule has 9 heteroatoms. The molecule has 1 aliphatic rings. The molecule has 1 saturated carbocycles. The first-order valence-corrected chi connectivity index (χ1v) is 13.0. The third-order valence-corrected chi connectivity index (χ3v) is 7.58. The normalized spacial score (nSPS) is 14.9. The van der Waals surface area contributed by atoms with E-state index in [4.69, 9.17) is 0 Å². The van der Waals surface area contributed by atoms with Crippen molar-refractivity contribution in [3.8, 4) is 0 Å². The number of amides is 3. The average molecular weight is 500 g/mol. The number of anilines is 1. The highest BCUT2D eigenvalue weighted by Crippen LogP contribution is 2.31. The van der Waals surface area contributed by atoms with Gasteiger partial charge in [0.1, 0.15) is 11.9 Å². The van der Waals surface area contributed by atoms with Crippen LogP contribution < -0.4 is 15.5 Å². The predicted octanol–water partition coefficient (Wildman–Crippen LogP) is 4.90. The number of hydrogen-bond acceptors (Lipinski definition) is 5. The molecular formula is C25H26FN3O3S2. The highest BCUT2D eigenvalue weighted by molar-refractivity contribution is 7.12. The van der Waals surface area contributed by atoms with E-state index < -0.39 is 17.8 Å². The molecule has 4 rings (SSSR count). The zero-order valence-electron chi connectivity index (χ0n) is 18.5. The van der Waals surface area contributed by atoms with Crippen LogP contribution >= 0.6 is 22.7 Å². The molecule has 0 bridgehead atoms. The highest BCUT2D eigenvalue weighted by atomic mass is 32.1. The number of thiophene rings is 2. The van der Waals surface area contributed by atoms with Crippen molar-refractivity contribution in [3.63, 3.8) is 0 Å². The quantitative estimate of drug-likeness (QED) is 0.463.